The van der Waals surface area contributed by atoms with E-state index in [2.05, 4.69) is 42.0 Å². The Morgan fingerprint density at radius 3 is 2.54 bits per heavy atom. The zero-order chi connectivity index (χ0) is 33.4. The van der Waals surface area contributed by atoms with Crippen molar-refractivity contribution >= 4 is 28.7 Å². The highest BCUT2D eigenvalue weighted by Gasteiger charge is 2.48. The third-order valence-corrected chi connectivity index (χ3v) is 10.4. The van der Waals surface area contributed by atoms with Crippen molar-refractivity contribution in [2.24, 2.45) is 5.92 Å². The highest BCUT2D eigenvalue weighted by molar-refractivity contribution is 5.87. The van der Waals surface area contributed by atoms with Crippen LogP contribution in [-0.4, -0.2) is 112 Å². The lowest BCUT2D eigenvalue weighted by Crippen LogP contribution is -2.57. The van der Waals surface area contributed by atoms with Crippen LogP contribution in [0.3, 0.4) is 0 Å². The number of likely N-dealkylation sites (N-methyl/N-ethyl adjacent to an activating group) is 1. The van der Waals surface area contributed by atoms with Gasteiger partial charge in [0, 0.05) is 44.3 Å². The third kappa shape index (κ3) is 5.98. The second-order valence-electron chi connectivity index (χ2n) is 13.7. The first-order valence-corrected chi connectivity index (χ1v) is 17.0. The summed E-state index contributed by atoms with van der Waals surface area (Å²) >= 11 is 0. The highest BCUT2D eigenvalue weighted by Crippen LogP contribution is 2.48. The van der Waals surface area contributed by atoms with E-state index < -0.39 is 0 Å². The van der Waals surface area contributed by atoms with Crippen molar-refractivity contribution in [2.45, 2.75) is 51.1 Å². The number of fused-ring (bicyclic) bond motifs is 3. The van der Waals surface area contributed by atoms with Crippen LogP contribution >= 0.6 is 0 Å². The van der Waals surface area contributed by atoms with Crippen LogP contribution in [0.25, 0.3) is 11.0 Å². The van der Waals surface area contributed by atoms with E-state index >= 15 is 0 Å². The van der Waals surface area contributed by atoms with E-state index in [1.165, 1.54) is 11.1 Å². The topological polar surface area (TPSA) is 113 Å². The van der Waals surface area contributed by atoms with E-state index in [1.54, 1.807) is 13.4 Å². The molecule has 5 heterocycles. The monoisotopic (exact) mass is 651 g/mol. The quantitative estimate of drug-likeness (QED) is 0.297. The maximum atomic E-state index is 13.9. The van der Waals surface area contributed by atoms with Crippen LogP contribution in [0.15, 0.2) is 48.9 Å². The number of anilines is 1. The summed E-state index contributed by atoms with van der Waals surface area (Å²) in [5, 5.41) is 5.52. The Kier molecular flexibility index (Phi) is 8.76. The minimum Gasteiger partial charge on any atom is -0.497 e. The molecule has 1 aromatic carbocycles. The molecule has 0 radical (unpaired) electrons. The number of aromatic nitrogens is 5. The summed E-state index contributed by atoms with van der Waals surface area (Å²) in [6.07, 6.45) is 7.33. The van der Waals surface area contributed by atoms with E-state index in [-0.39, 0.29) is 23.3 Å². The van der Waals surface area contributed by atoms with Gasteiger partial charge in [0.25, 0.3) is 0 Å². The van der Waals surface area contributed by atoms with Crippen molar-refractivity contribution < 1.29 is 14.3 Å². The molecular formula is C36H45N9O3. The van der Waals surface area contributed by atoms with Gasteiger partial charge < -0.3 is 24.3 Å². The van der Waals surface area contributed by atoms with Crippen molar-refractivity contribution in [3.63, 3.8) is 0 Å². The molecule has 3 aromatic heterocycles. The summed E-state index contributed by atoms with van der Waals surface area (Å²) in [4.78, 5) is 49.6. The summed E-state index contributed by atoms with van der Waals surface area (Å²) in [5.74, 6) is 2.03. The Bertz CT molecular complexity index is 1810. The molecule has 4 aromatic rings. The molecule has 1 saturated carbocycles. The predicted molar refractivity (Wildman–Crippen MR) is 183 cm³/mol. The largest absolute Gasteiger partial charge is 0.497 e. The molecule has 252 valence electrons. The van der Waals surface area contributed by atoms with Crippen molar-refractivity contribution in [2.75, 3.05) is 65.4 Å². The number of nitrogens with zero attached hydrogens (tertiary/aromatic N) is 9. The molecule has 48 heavy (non-hydrogen) atoms. The number of amides is 2. The standard InChI is InChI=1S/C36H45N9O3/c1-25-6-5-7-28(40-25)22-45-34-30(21-39-45)33(37-24-38-34)42-16-18-43(19-17-42)35(47)26-10-13-36(14-11-26)31-9-8-29(48-4)20-27(31)12-15-44(36)32(46)23-41(2)3/h5-9,20-21,24,26H,10-19,22-23H2,1-4H3/t26-,36+. The average Bonchev–Trinajstić information content (AvgIpc) is 3.50. The zero-order valence-corrected chi connectivity index (χ0v) is 28.4. The molecule has 0 N–H and O–H groups in total. The molecule has 2 aliphatic heterocycles. The first-order chi connectivity index (χ1) is 23.3. The Balaban J connectivity index is 1.02. The first kappa shape index (κ1) is 32.0. The number of methoxy groups -OCH3 is 1. The van der Waals surface area contributed by atoms with E-state index in [0.29, 0.717) is 45.8 Å². The van der Waals surface area contributed by atoms with Crippen LogP contribution in [-0.2, 0) is 28.1 Å². The Morgan fingerprint density at radius 2 is 1.81 bits per heavy atom. The number of carbonyl (C=O) groups excluding carboxylic acids is 2. The predicted octanol–water partition coefficient (Wildman–Crippen LogP) is 3.27. The van der Waals surface area contributed by atoms with Gasteiger partial charge in [-0.3, -0.25) is 14.6 Å². The molecule has 2 amide bonds. The summed E-state index contributed by atoms with van der Waals surface area (Å²) < 4.78 is 7.40. The second kappa shape index (κ2) is 13.1. The number of ether oxygens (including phenoxy) is 1. The van der Waals surface area contributed by atoms with Gasteiger partial charge in [0.05, 0.1) is 43.0 Å². The average molecular weight is 652 g/mol. The fourth-order valence-corrected chi connectivity index (χ4v) is 8.04. The van der Waals surface area contributed by atoms with Gasteiger partial charge in [-0.05, 0) is 88.5 Å². The number of pyridine rings is 1. The molecule has 12 heteroatoms. The van der Waals surface area contributed by atoms with E-state index in [4.69, 9.17) is 4.74 Å². The minimum atomic E-state index is -0.388. The summed E-state index contributed by atoms with van der Waals surface area (Å²) in [6, 6.07) is 12.3. The molecule has 1 aliphatic carbocycles. The number of benzene rings is 1. The fraction of sp³-hybridized carbons (Fsp3) is 0.500. The van der Waals surface area contributed by atoms with Gasteiger partial charge >= 0.3 is 0 Å². The van der Waals surface area contributed by atoms with E-state index in [1.807, 2.05) is 66.0 Å². The Morgan fingerprint density at radius 1 is 1.02 bits per heavy atom. The van der Waals surface area contributed by atoms with Gasteiger partial charge in [-0.15, -0.1) is 0 Å². The van der Waals surface area contributed by atoms with Gasteiger partial charge in [0.2, 0.25) is 11.8 Å². The van der Waals surface area contributed by atoms with Crippen LogP contribution in [0.5, 0.6) is 5.75 Å². The number of carbonyl (C=O) groups is 2. The molecule has 0 bridgehead atoms. The van der Waals surface area contributed by atoms with Crippen molar-refractivity contribution in [1.82, 2.24) is 39.4 Å². The first-order valence-electron chi connectivity index (χ1n) is 17.0. The summed E-state index contributed by atoms with van der Waals surface area (Å²) in [5.41, 5.74) is 4.76. The lowest BCUT2D eigenvalue weighted by Gasteiger charge is -2.52. The normalized spacial score (nSPS) is 21.2. The van der Waals surface area contributed by atoms with Gasteiger partial charge in [-0.1, -0.05) is 12.1 Å². The second-order valence-corrected chi connectivity index (χ2v) is 13.7. The summed E-state index contributed by atoms with van der Waals surface area (Å²) in [6.45, 7) is 6.26. The fourth-order valence-electron chi connectivity index (χ4n) is 8.04. The Labute approximate surface area is 281 Å². The van der Waals surface area contributed by atoms with Crippen LogP contribution in [0, 0.1) is 12.8 Å². The van der Waals surface area contributed by atoms with Crippen LogP contribution < -0.4 is 9.64 Å². The molecule has 12 nitrogen and oxygen atoms in total. The van der Waals surface area contributed by atoms with Crippen molar-refractivity contribution in [3.8, 4) is 5.75 Å². The Hall–Kier alpha value is -4.58. The van der Waals surface area contributed by atoms with Crippen LogP contribution in [0.1, 0.15) is 48.2 Å². The smallest absolute Gasteiger partial charge is 0.237 e. The highest BCUT2D eigenvalue weighted by atomic mass is 16.5. The van der Waals surface area contributed by atoms with Gasteiger partial charge in [0.1, 0.15) is 17.9 Å². The molecule has 1 spiro atoms. The zero-order valence-electron chi connectivity index (χ0n) is 28.4. The number of aryl methyl sites for hydroxylation is 1. The van der Waals surface area contributed by atoms with Crippen molar-refractivity contribution in [1.29, 1.82) is 0 Å². The molecule has 3 aliphatic rings. The molecule has 1 saturated heterocycles. The van der Waals surface area contributed by atoms with E-state index in [0.717, 1.165) is 66.1 Å². The van der Waals surface area contributed by atoms with Crippen molar-refractivity contribution in [3.05, 3.63) is 71.4 Å². The lowest BCUT2D eigenvalue weighted by atomic mass is 9.68. The number of hydrogen-bond donors (Lipinski definition) is 0. The number of piperazine rings is 1. The number of rotatable bonds is 7. The maximum Gasteiger partial charge on any atom is 0.237 e. The minimum absolute atomic E-state index is 0.0455. The van der Waals surface area contributed by atoms with Gasteiger partial charge in [-0.25, -0.2) is 14.6 Å². The molecule has 0 unspecified atom stereocenters. The van der Waals surface area contributed by atoms with Gasteiger partial charge in [0.15, 0.2) is 5.65 Å². The molecular weight excluding hydrogens is 606 g/mol. The molecule has 7 rings (SSSR count). The maximum absolute atomic E-state index is 13.9. The summed E-state index contributed by atoms with van der Waals surface area (Å²) in [7, 11) is 5.57. The lowest BCUT2D eigenvalue weighted by molar-refractivity contribution is -0.144. The van der Waals surface area contributed by atoms with Crippen LogP contribution in [0.2, 0.25) is 0 Å². The van der Waals surface area contributed by atoms with Gasteiger partial charge in [-0.2, -0.15) is 5.10 Å². The van der Waals surface area contributed by atoms with E-state index in [9.17, 15) is 9.59 Å². The SMILES string of the molecule is COc1ccc2c(c1)CCN(C(=O)CN(C)C)[C@]21CC[C@@H](C(=O)N2CCN(c3ncnc4c3cnn4Cc3cccc(C)n3)CC2)CC1. The third-order valence-electron chi connectivity index (χ3n) is 10.4. The molecule has 0 atom stereocenters. The van der Waals surface area contributed by atoms with Crippen LogP contribution in [0.4, 0.5) is 5.82 Å². The number of hydrogen-bond acceptors (Lipinski definition) is 9. The molecule has 2 fully saturated rings.